The predicted molar refractivity (Wildman–Crippen MR) is 81.7 cm³/mol. The highest BCUT2D eigenvalue weighted by Gasteiger charge is 2.23. The zero-order chi connectivity index (χ0) is 15.8. The van der Waals surface area contributed by atoms with Crippen LogP contribution in [0, 0.1) is 0 Å². The molecule has 0 fully saturated rings. The van der Waals surface area contributed by atoms with Crippen LogP contribution in [0.2, 0.25) is 0 Å². The van der Waals surface area contributed by atoms with Crippen LogP contribution in [0.5, 0.6) is 0 Å². The summed E-state index contributed by atoms with van der Waals surface area (Å²) < 4.78 is 2.02. The Labute approximate surface area is 124 Å². The predicted octanol–water partition coefficient (Wildman–Crippen LogP) is 2.80. The number of aliphatic hydroxyl groups excluding tert-OH is 1. The van der Waals surface area contributed by atoms with Gasteiger partial charge in [-0.3, -0.25) is 0 Å². The second kappa shape index (κ2) is 5.48. The van der Waals surface area contributed by atoms with Gasteiger partial charge in [0.25, 0.3) is 0 Å². The van der Waals surface area contributed by atoms with Gasteiger partial charge in [0.2, 0.25) is 0 Å². The van der Waals surface area contributed by atoms with E-state index in [0.717, 1.165) is 16.9 Å². The average Bonchev–Trinajstić information content (AvgIpc) is 2.73. The van der Waals surface area contributed by atoms with E-state index in [1.165, 1.54) is 0 Å². The Morgan fingerprint density at radius 1 is 1.38 bits per heavy atom. The number of carboxylic acid groups (broad SMARTS) is 1. The van der Waals surface area contributed by atoms with Crippen LogP contribution in [0.4, 0.5) is 0 Å². The first-order valence-corrected chi connectivity index (χ1v) is 7.12. The molecule has 0 aliphatic rings. The van der Waals surface area contributed by atoms with Gasteiger partial charge in [0.1, 0.15) is 5.82 Å². The van der Waals surface area contributed by atoms with Crippen LogP contribution in [-0.2, 0) is 12.0 Å². The van der Waals surface area contributed by atoms with E-state index < -0.39 is 12.1 Å². The fourth-order valence-electron chi connectivity index (χ4n) is 2.37. The second-order valence-electron chi connectivity index (χ2n) is 6.48. The van der Waals surface area contributed by atoms with Gasteiger partial charge >= 0.3 is 5.97 Å². The van der Waals surface area contributed by atoms with Crippen LogP contribution in [0.25, 0.3) is 11.0 Å². The lowest BCUT2D eigenvalue weighted by molar-refractivity contribution is 0.0697. The molecule has 2 aromatic rings. The fraction of sp³-hybridized carbons (Fsp3) is 0.500. The number of aryl methyl sites for hydroxylation is 1. The molecule has 0 amide bonds. The summed E-state index contributed by atoms with van der Waals surface area (Å²) in [4.78, 5) is 15.8. The zero-order valence-electron chi connectivity index (χ0n) is 12.9. The van der Waals surface area contributed by atoms with Crippen molar-refractivity contribution in [2.24, 2.45) is 0 Å². The fourth-order valence-corrected chi connectivity index (χ4v) is 2.37. The van der Waals surface area contributed by atoms with Gasteiger partial charge in [0, 0.05) is 12.0 Å². The van der Waals surface area contributed by atoms with Gasteiger partial charge in [0.05, 0.1) is 22.7 Å². The van der Waals surface area contributed by atoms with Crippen LogP contribution in [0.1, 0.15) is 50.3 Å². The Bertz CT molecular complexity index is 666. The SMILES string of the molecule is CC(O)CCn1c(C(C)(C)C)nc2ccc(C(=O)O)cc21. The maximum Gasteiger partial charge on any atom is 0.335 e. The molecule has 0 aliphatic heterocycles. The molecule has 114 valence electrons. The molecule has 0 bridgehead atoms. The first-order valence-electron chi connectivity index (χ1n) is 7.12. The number of hydrogen-bond acceptors (Lipinski definition) is 3. The van der Waals surface area contributed by atoms with Crippen LogP contribution in [0.15, 0.2) is 18.2 Å². The smallest absolute Gasteiger partial charge is 0.335 e. The molecular weight excluding hydrogens is 268 g/mol. The molecule has 0 saturated heterocycles. The van der Waals surface area contributed by atoms with Crippen molar-refractivity contribution in [2.75, 3.05) is 0 Å². The molecule has 0 aliphatic carbocycles. The maximum absolute atomic E-state index is 11.2. The Balaban J connectivity index is 2.61. The number of aromatic nitrogens is 2. The summed E-state index contributed by atoms with van der Waals surface area (Å²) >= 11 is 0. The van der Waals surface area contributed by atoms with Gasteiger partial charge in [-0.05, 0) is 31.5 Å². The van der Waals surface area contributed by atoms with E-state index in [2.05, 4.69) is 25.8 Å². The van der Waals surface area contributed by atoms with Crippen LogP contribution < -0.4 is 0 Å². The highest BCUT2D eigenvalue weighted by atomic mass is 16.4. The molecule has 1 unspecified atom stereocenters. The number of nitrogens with zero attached hydrogens (tertiary/aromatic N) is 2. The number of benzene rings is 1. The number of rotatable bonds is 4. The van der Waals surface area contributed by atoms with E-state index in [-0.39, 0.29) is 11.0 Å². The Hall–Kier alpha value is -1.88. The Morgan fingerprint density at radius 2 is 2.05 bits per heavy atom. The van der Waals surface area contributed by atoms with E-state index in [9.17, 15) is 9.90 Å². The van der Waals surface area contributed by atoms with Gasteiger partial charge < -0.3 is 14.8 Å². The molecule has 1 aromatic heterocycles. The lowest BCUT2D eigenvalue weighted by Crippen LogP contribution is -2.20. The number of imidazole rings is 1. The summed E-state index contributed by atoms with van der Waals surface area (Å²) in [5, 5.41) is 18.7. The van der Waals surface area contributed by atoms with Crippen molar-refractivity contribution >= 4 is 17.0 Å². The summed E-state index contributed by atoms with van der Waals surface area (Å²) in [6, 6.07) is 4.97. The van der Waals surface area contributed by atoms with Crippen molar-refractivity contribution in [3.05, 3.63) is 29.6 Å². The largest absolute Gasteiger partial charge is 0.478 e. The molecule has 2 N–H and O–H groups in total. The van der Waals surface area contributed by atoms with Crippen molar-refractivity contribution in [1.82, 2.24) is 9.55 Å². The maximum atomic E-state index is 11.2. The highest BCUT2D eigenvalue weighted by Crippen LogP contribution is 2.27. The third kappa shape index (κ3) is 3.24. The molecule has 0 saturated carbocycles. The van der Waals surface area contributed by atoms with E-state index >= 15 is 0 Å². The van der Waals surface area contributed by atoms with Crippen molar-refractivity contribution < 1.29 is 15.0 Å². The number of hydrogen-bond donors (Lipinski definition) is 2. The van der Waals surface area contributed by atoms with E-state index in [1.54, 1.807) is 25.1 Å². The van der Waals surface area contributed by atoms with Crippen molar-refractivity contribution in [1.29, 1.82) is 0 Å². The number of fused-ring (bicyclic) bond motifs is 1. The van der Waals surface area contributed by atoms with Crippen LogP contribution >= 0.6 is 0 Å². The quantitative estimate of drug-likeness (QED) is 0.908. The first kappa shape index (κ1) is 15.5. The van der Waals surface area contributed by atoms with Crippen LogP contribution in [-0.4, -0.2) is 31.8 Å². The van der Waals surface area contributed by atoms with E-state index in [4.69, 9.17) is 5.11 Å². The molecule has 0 spiro atoms. The molecule has 5 heteroatoms. The molecule has 0 radical (unpaired) electrons. The minimum Gasteiger partial charge on any atom is -0.478 e. The summed E-state index contributed by atoms with van der Waals surface area (Å²) in [5.74, 6) is -0.0434. The van der Waals surface area contributed by atoms with Gasteiger partial charge in [-0.25, -0.2) is 9.78 Å². The van der Waals surface area contributed by atoms with Crippen LogP contribution in [0.3, 0.4) is 0 Å². The zero-order valence-corrected chi connectivity index (χ0v) is 12.9. The minimum absolute atomic E-state index is 0.152. The Kier molecular flexibility index (Phi) is 4.05. The van der Waals surface area contributed by atoms with E-state index in [1.807, 2.05) is 4.57 Å². The lowest BCUT2D eigenvalue weighted by Gasteiger charge is -2.20. The topological polar surface area (TPSA) is 75.3 Å². The normalized spacial score (nSPS) is 13.6. The minimum atomic E-state index is -0.947. The molecule has 5 nitrogen and oxygen atoms in total. The number of aromatic carboxylic acids is 1. The molecular formula is C16H22N2O3. The summed E-state index contributed by atoms with van der Waals surface area (Å²) in [6.07, 6.45) is 0.198. The van der Waals surface area contributed by atoms with Crippen molar-refractivity contribution in [2.45, 2.75) is 52.2 Å². The summed E-state index contributed by atoms with van der Waals surface area (Å²) in [6.45, 7) is 8.59. The average molecular weight is 290 g/mol. The standard InChI is InChI=1S/C16H22N2O3/c1-10(19)7-8-18-13-9-11(14(20)21)5-6-12(13)17-15(18)16(2,3)4/h5-6,9-10,19H,7-8H2,1-4H3,(H,20,21). The lowest BCUT2D eigenvalue weighted by atomic mass is 9.95. The first-order chi connectivity index (χ1) is 9.70. The molecule has 21 heavy (non-hydrogen) atoms. The van der Waals surface area contributed by atoms with Crippen molar-refractivity contribution in [3.8, 4) is 0 Å². The Morgan fingerprint density at radius 3 is 2.57 bits per heavy atom. The highest BCUT2D eigenvalue weighted by molar-refractivity contribution is 5.92. The van der Waals surface area contributed by atoms with Crippen molar-refractivity contribution in [3.63, 3.8) is 0 Å². The molecule has 2 rings (SSSR count). The third-order valence-electron chi connectivity index (χ3n) is 3.44. The van der Waals surface area contributed by atoms with Gasteiger partial charge in [-0.2, -0.15) is 0 Å². The molecule has 1 aromatic carbocycles. The van der Waals surface area contributed by atoms with Gasteiger partial charge in [0.15, 0.2) is 0 Å². The van der Waals surface area contributed by atoms with Gasteiger partial charge in [-0.15, -0.1) is 0 Å². The second-order valence-corrected chi connectivity index (χ2v) is 6.48. The summed E-state index contributed by atoms with van der Waals surface area (Å²) in [7, 11) is 0. The monoisotopic (exact) mass is 290 g/mol. The summed E-state index contributed by atoms with van der Waals surface area (Å²) in [5.41, 5.74) is 1.69. The number of carboxylic acids is 1. The molecule has 1 atom stereocenters. The van der Waals surface area contributed by atoms with E-state index in [0.29, 0.717) is 13.0 Å². The number of carbonyl (C=O) groups is 1. The van der Waals surface area contributed by atoms with Gasteiger partial charge in [-0.1, -0.05) is 20.8 Å². The third-order valence-corrected chi connectivity index (χ3v) is 3.44. The number of aliphatic hydroxyl groups is 1. The molecule has 1 heterocycles.